The normalized spacial score (nSPS) is 13.2. The van der Waals surface area contributed by atoms with Gasteiger partial charge in [0.1, 0.15) is 24.2 Å². The van der Waals surface area contributed by atoms with Gasteiger partial charge in [-0.1, -0.05) is 69.4 Å². The number of hydrogen-bond donors (Lipinski definition) is 1. The van der Waals surface area contributed by atoms with E-state index < -0.39 is 47.8 Å². The van der Waals surface area contributed by atoms with Gasteiger partial charge in [0, 0.05) is 117 Å². The highest BCUT2D eigenvalue weighted by Crippen LogP contribution is 2.24. The molecule has 0 aliphatic carbocycles. The zero-order chi connectivity index (χ0) is 53.2. The molecule has 2 N–H and O–H groups in total. The van der Waals surface area contributed by atoms with Crippen LogP contribution in [0.1, 0.15) is 29.2 Å². The van der Waals surface area contributed by atoms with Crippen molar-refractivity contribution in [2.24, 2.45) is 47.1 Å². The summed E-state index contributed by atoms with van der Waals surface area (Å²) in [6, 6.07) is 23.7. The summed E-state index contributed by atoms with van der Waals surface area (Å²) in [6.45, 7) is 1.37. The minimum atomic E-state index is -1.22. The number of nitrogens with zero attached hydrogens (tertiary/aromatic N) is 16. The summed E-state index contributed by atoms with van der Waals surface area (Å²) in [5.74, 6) is -2.79. The maximum absolute atomic E-state index is 15.4. The highest BCUT2D eigenvalue weighted by Gasteiger charge is 2.40. The predicted octanol–water partition coefficient (Wildman–Crippen LogP) is 6.01. The van der Waals surface area contributed by atoms with Gasteiger partial charge in [-0.2, -0.15) is 0 Å². The summed E-state index contributed by atoms with van der Waals surface area (Å²) in [5.41, 5.74) is 11.1. The molecule has 0 aliphatic rings. The number of benzene rings is 4. The van der Waals surface area contributed by atoms with Crippen LogP contribution in [0.15, 0.2) is 138 Å². The standard InChI is InChI=1S/C50H69N17O5/c1-34(68)64(10)44(31-36-16-24-40(25-17-36)53-57-61(4)5)48(70)66(12)46(33-38-20-28-42(29-21-38)55-59-63(8)9)50(72)67(13)45(32-37-18-26-41(27-19-37)54-58-62(6)7)49(71)65(11)43(47(51)69)30-35-14-22-39(23-15-35)52-56-60(2)3/h14-29,43-46H,30-33H2,1-13H3,(H2,51,69)/t43-,44+,45+,46-/m0/s1. The van der Waals surface area contributed by atoms with E-state index >= 15 is 9.59 Å². The molecule has 0 bridgehead atoms. The third kappa shape index (κ3) is 17.1. The number of carbonyl (C=O) groups excluding carboxylic acids is 5. The Morgan fingerprint density at radius 1 is 0.361 bits per heavy atom. The first-order chi connectivity index (χ1) is 34.0. The summed E-state index contributed by atoms with van der Waals surface area (Å²) < 4.78 is 0. The third-order valence-electron chi connectivity index (χ3n) is 11.4. The van der Waals surface area contributed by atoms with Gasteiger partial charge in [0.25, 0.3) is 0 Å². The van der Waals surface area contributed by atoms with E-state index in [1.54, 1.807) is 181 Å². The zero-order valence-corrected chi connectivity index (χ0v) is 43.6. The molecule has 0 saturated heterocycles. The summed E-state index contributed by atoms with van der Waals surface area (Å²) in [6.07, 6.45) is 0.189. The summed E-state index contributed by atoms with van der Waals surface area (Å²) in [5, 5.41) is 39.3. The maximum atomic E-state index is 15.4. The molecular formula is C50H69N17O5. The van der Waals surface area contributed by atoms with Gasteiger partial charge in [-0.15, -0.1) is 20.5 Å². The monoisotopic (exact) mass is 988 g/mol. The van der Waals surface area contributed by atoms with E-state index in [0.29, 0.717) is 39.4 Å². The molecule has 0 saturated carbocycles. The number of likely N-dealkylation sites (N-methyl/N-ethyl adjacent to an activating group) is 4. The molecule has 0 radical (unpaired) electrons. The molecule has 22 nitrogen and oxygen atoms in total. The van der Waals surface area contributed by atoms with Crippen LogP contribution in [0.2, 0.25) is 0 Å². The van der Waals surface area contributed by atoms with Gasteiger partial charge in [-0.05, 0) is 70.8 Å². The van der Waals surface area contributed by atoms with E-state index in [0.717, 1.165) is 5.56 Å². The van der Waals surface area contributed by atoms with Crippen molar-refractivity contribution in [3.05, 3.63) is 119 Å². The van der Waals surface area contributed by atoms with Crippen molar-refractivity contribution >= 4 is 52.3 Å². The van der Waals surface area contributed by atoms with Gasteiger partial charge in [0.05, 0.1) is 22.7 Å². The van der Waals surface area contributed by atoms with Crippen LogP contribution < -0.4 is 5.73 Å². The quantitative estimate of drug-likeness (QED) is 0.0638. The largest absolute Gasteiger partial charge is 0.368 e. The molecule has 0 unspecified atom stereocenters. The van der Waals surface area contributed by atoms with E-state index in [9.17, 15) is 14.4 Å². The van der Waals surface area contributed by atoms with Crippen LogP contribution in [0.3, 0.4) is 0 Å². The van der Waals surface area contributed by atoms with Crippen LogP contribution in [-0.4, -0.2) is 178 Å². The number of rotatable bonds is 24. The molecule has 4 rings (SSSR count). The molecular weight excluding hydrogens is 919 g/mol. The van der Waals surface area contributed by atoms with Crippen LogP contribution in [0.4, 0.5) is 22.7 Å². The third-order valence-corrected chi connectivity index (χ3v) is 11.4. The highest BCUT2D eigenvalue weighted by atomic mass is 16.2. The summed E-state index contributed by atoms with van der Waals surface area (Å²) in [4.78, 5) is 77.1. The lowest BCUT2D eigenvalue weighted by Gasteiger charge is -2.39. The molecule has 0 spiro atoms. The van der Waals surface area contributed by atoms with Crippen LogP contribution in [0, 0.1) is 0 Å². The van der Waals surface area contributed by atoms with Crippen molar-refractivity contribution in [1.82, 2.24) is 39.6 Å². The molecule has 0 heterocycles. The topological polar surface area (TPSA) is 236 Å². The molecule has 4 atom stereocenters. The molecule has 72 heavy (non-hydrogen) atoms. The Hall–Kier alpha value is -8.17. The Kier molecular flexibility index (Phi) is 20.9. The Labute approximate surface area is 422 Å². The zero-order valence-electron chi connectivity index (χ0n) is 43.6. The van der Waals surface area contributed by atoms with Crippen LogP contribution in [-0.2, 0) is 49.7 Å². The number of amides is 5. The maximum Gasteiger partial charge on any atom is 0.246 e. The predicted molar refractivity (Wildman–Crippen MR) is 274 cm³/mol. The molecule has 0 aromatic heterocycles. The highest BCUT2D eigenvalue weighted by molar-refractivity contribution is 5.95. The van der Waals surface area contributed by atoms with Gasteiger partial charge >= 0.3 is 0 Å². The number of primary amides is 1. The average Bonchev–Trinajstić information content (AvgIpc) is 3.35. The van der Waals surface area contributed by atoms with Gasteiger partial charge in [0.2, 0.25) is 29.5 Å². The van der Waals surface area contributed by atoms with Gasteiger partial charge in [-0.25, -0.2) is 0 Å². The van der Waals surface area contributed by atoms with Crippen molar-refractivity contribution in [3.8, 4) is 0 Å². The molecule has 5 amide bonds. The van der Waals surface area contributed by atoms with E-state index in [1.807, 2.05) is 0 Å². The molecule has 4 aromatic rings. The van der Waals surface area contributed by atoms with E-state index in [2.05, 4.69) is 41.4 Å². The lowest BCUT2D eigenvalue weighted by molar-refractivity contribution is -0.153. The average molecular weight is 988 g/mol. The van der Waals surface area contributed by atoms with Crippen LogP contribution in [0.25, 0.3) is 0 Å². The lowest BCUT2D eigenvalue weighted by atomic mass is 9.97. The van der Waals surface area contributed by atoms with Crippen molar-refractivity contribution in [3.63, 3.8) is 0 Å². The first-order valence-corrected chi connectivity index (χ1v) is 23.1. The second-order valence-electron chi connectivity index (χ2n) is 18.1. The minimum Gasteiger partial charge on any atom is -0.368 e. The first kappa shape index (κ1) is 56.4. The molecule has 0 fully saturated rings. The summed E-state index contributed by atoms with van der Waals surface area (Å²) >= 11 is 0. The van der Waals surface area contributed by atoms with Crippen molar-refractivity contribution in [1.29, 1.82) is 0 Å². The van der Waals surface area contributed by atoms with Crippen molar-refractivity contribution < 1.29 is 24.0 Å². The number of carbonyl (C=O) groups is 5. The minimum absolute atomic E-state index is 0.00331. The van der Waals surface area contributed by atoms with Crippen LogP contribution in [0.5, 0.6) is 0 Å². The van der Waals surface area contributed by atoms with E-state index in [4.69, 9.17) is 5.73 Å². The summed E-state index contributed by atoms with van der Waals surface area (Å²) in [7, 11) is 20.1. The molecule has 22 heteroatoms. The Morgan fingerprint density at radius 3 is 0.778 bits per heavy atom. The first-order valence-electron chi connectivity index (χ1n) is 23.1. The Bertz CT molecular complexity index is 2550. The molecule has 384 valence electrons. The SMILES string of the molecule is CC(=O)N(C)[C@H](Cc1ccc(N=NN(C)C)cc1)C(=O)N(C)[C@@H](Cc1ccc(N=NN(C)C)cc1)C(=O)N(C)[C@H](Cc1ccc(N=NN(C)C)cc1)C(=O)N(C)[C@@H](Cc1ccc(N=NN(C)C)cc1)C(N)=O. The second-order valence-corrected chi connectivity index (χ2v) is 18.1. The molecule has 0 aliphatic heterocycles. The van der Waals surface area contributed by atoms with Gasteiger partial charge in [-0.3, -0.25) is 44.0 Å². The number of nitrogens with two attached hydrogens (primary N) is 1. The fourth-order valence-corrected chi connectivity index (χ4v) is 7.24. The Balaban J connectivity index is 1.80. The van der Waals surface area contributed by atoms with Crippen molar-refractivity contribution in [2.75, 3.05) is 84.6 Å². The molecule has 4 aromatic carbocycles. The van der Waals surface area contributed by atoms with Crippen molar-refractivity contribution in [2.45, 2.75) is 56.8 Å². The van der Waals surface area contributed by atoms with E-state index in [1.165, 1.54) is 47.7 Å². The fraction of sp³-hybridized carbons (Fsp3) is 0.420. The van der Waals surface area contributed by atoms with Crippen LogP contribution >= 0.6 is 0 Å². The van der Waals surface area contributed by atoms with Gasteiger partial charge < -0.3 is 25.3 Å². The Morgan fingerprint density at radius 2 is 0.569 bits per heavy atom. The lowest BCUT2D eigenvalue weighted by Crippen LogP contribution is -2.60. The van der Waals surface area contributed by atoms with Gasteiger partial charge in [0.15, 0.2) is 0 Å². The van der Waals surface area contributed by atoms with E-state index in [-0.39, 0.29) is 31.6 Å². The smallest absolute Gasteiger partial charge is 0.246 e. The fourth-order valence-electron chi connectivity index (χ4n) is 7.24. The second kappa shape index (κ2) is 26.7. The number of hydrogen-bond acceptors (Lipinski definition) is 13.